The van der Waals surface area contributed by atoms with Crippen LogP contribution in [-0.2, 0) is 0 Å². The molecule has 0 atom stereocenters. The van der Waals surface area contributed by atoms with Crippen LogP contribution in [0.5, 0.6) is 0 Å². The average Bonchev–Trinajstić information content (AvgIpc) is 2.80. The minimum absolute atomic E-state index is 0.0536. The van der Waals surface area contributed by atoms with E-state index in [9.17, 15) is 13.2 Å². The maximum absolute atomic E-state index is 13.9. The Bertz CT molecular complexity index is 806. The molecule has 2 aromatic heterocycles. The van der Waals surface area contributed by atoms with E-state index < -0.39 is 23.0 Å². The van der Waals surface area contributed by atoms with Crippen molar-refractivity contribution >= 4 is 17.2 Å². The molecule has 3 nitrogen and oxygen atoms in total. The highest BCUT2D eigenvalue weighted by Crippen LogP contribution is 2.34. The molecule has 0 unspecified atom stereocenters. The molecule has 20 heavy (non-hydrogen) atoms. The third-order valence-corrected chi connectivity index (χ3v) is 3.25. The van der Waals surface area contributed by atoms with Crippen LogP contribution >= 0.6 is 11.6 Å². The summed E-state index contributed by atoms with van der Waals surface area (Å²) in [5, 5.41) is 3.93. The highest BCUT2D eigenvalue weighted by Gasteiger charge is 2.21. The van der Waals surface area contributed by atoms with Crippen molar-refractivity contribution in [3.63, 3.8) is 0 Å². The highest BCUT2D eigenvalue weighted by atomic mass is 35.5. The molecule has 0 bridgehead atoms. The molecule has 0 spiro atoms. The molecular weight excluding hydrogens is 291 g/mol. The Morgan fingerprint density at radius 2 is 1.75 bits per heavy atom. The average molecular weight is 298 g/mol. The van der Waals surface area contributed by atoms with E-state index >= 15 is 0 Å². The van der Waals surface area contributed by atoms with Gasteiger partial charge in [-0.05, 0) is 6.92 Å². The molecule has 0 amide bonds. The fraction of sp³-hybridized carbons (Fsp3) is 0.0769. The van der Waals surface area contributed by atoms with E-state index in [2.05, 4.69) is 10.1 Å². The number of fused-ring (bicyclic) bond motifs is 1. The molecule has 0 saturated heterocycles. The third kappa shape index (κ3) is 1.84. The van der Waals surface area contributed by atoms with Crippen molar-refractivity contribution in [2.45, 2.75) is 6.92 Å². The van der Waals surface area contributed by atoms with Gasteiger partial charge in [-0.3, -0.25) is 0 Å². The number of rotatable bonds is 1. The van der Waals surface area contributed by atoms with E-state index in [1.54, 1.807) is 13.0 Å². The van der Waals surface area contributed by atoms with Gasteiger partial charge in [0.05, 0.1) is 17.5 Å². The number of aryl methyl sites for hydroxylation is 1. The van der Waals surface area contributed by atoms with Crippen molar-refractivity contribution in [3.8, 4) is 11.1 Å². The third-order valence-electron chi connectivity index (χ3n) is 2.98. The standard InChI is InChI=1S/C13H7ClF3N3/c1-6-11(12-8(16)4-7(15)5-9(12)17)13(14)19-10-2-3-18-20(6)10/h2-5H,1H3. The van der Waals surface area contributed by atoms with Crippen molar-refractivity contribution in [1.29, 1.82) is 0 Å². The second-order valence-electron chi connectivity index (χ2n) is 4.21. The van der Waals surface area contributed by atoms with E-state index in [-0.39, 0.29) is 10.7 Å². The molecule has 0 radical (unpaired) electrons. The summed E-state index contributed by atoms with van der Waals surface area (Å²) in [6.07, 6.45) is 1.49. The van der Waals surface area contributed by atoms with Crippen LogP contribution in [0.1, 0.15) is 5.69 Å². The Labute approximate surface area is 116 Å². The number of benzene rings is 1. The normalized spacial score (nSPS) is 11.2. The summed E-state index contributed by atoms with van der Waals surface area (Å²) >= 11 is 6.00. The van der Waals surface area contributed by atoms with Crippen LogP contribution in [0.25, 0.3) is 16.8 Å². The fourth-order valence-electron chi connectivity index (χ4n) is 2.12. The Kier molecular flexibility index (Phi) is 2.90. The summed E-state index contributed by atoms with van der Waals surface area (Å²) < 4.78 is 42.2. The van der Waals surface area contributed by atoms with Gasteiger partial charge < -0.3 is 0 Å². The van der Waals surface area contributed by atoms with Gasteiger partial charge >= 0.3 is 0 Å². The maximum atomic E-state index is 13.9. The number of nitrogens with zero attached hydrogens (tertiary/aromatic N) is 3. The summed E-state index contributed by atoms with van der Waals surface area (Å²) in [7, 11) is 0. The predicted molar refractivity (Wildman–Crippen MR) is 68.0 cm³/mol. The second-order valence-corrected chi connectivity index (χ2v) is 4.57. The Balaban J connectivity index is 2.40. The maximum Gasteiger partial charge on any atom is 0.157 e. The molecular formula is C13H7ClF3N3. The summed E-state index contributed by atoms with van der Waals surface area (Å²) in [4.78, 5) is 4.02. The zero-order valence-electron chi connectivity index (χ0n) is 10.2. The van der Waals surface area contributed by atoms with Gasteiger partial charge in [-0.1, -0.05) is 11.6 Å². The molecule has 0 N–H and O–H groups in total. The van der Waals surface area contributed by atoms with Crippen LogP contribution in [0.4, 0.5) is 13.2 Å². The number of aromatic nitrogens is 3. The molecule has 2 heterocycles. The van der Waals surface area contributed by atoms with Gasteiger partial charge in [0.2, 0.25) is 0 Å². The first kappa shape index (κ1) is 12.9. The smallest absolute Gasteiger partial charge is 0.157 e. The predicted octanol–water partition coefficient (Wildman–Crippen LogP) is 3.78. The molecule has 3 aromatic rings. The largest absolute Gasteiger partial charge is 0.219 e. The molecule has 1 aromatic carbocycles. The topological polar surface area (TPSA) is 30.2 Å². The first-order valence-electron chi connectivity index (χ1n) is 5.64. The van der Waals surface area contributed by atoms with Crippen molar-refractivity contribution in [3.05, 3.63) is 52.7 Å². The van der Waals surface area contributed by atoms with Gasteiger partial charge in [0.25, 0.3) is 0 Å². The summed E-state index contributed by atoms with van der Waals surface area (Å²) in [5.41, 5.74) is 0.505. The Morgan fingerprint density at radius 3 is 2.40 bits per heavy atom. The lowest BCUT2D eigenvalue weighted by Gasteiger charge is -2.11. The zero-order chi connectivity index (χ0) is 14.4. The summed E-state index contributed by atoms with van der Waals surface area (Å²) in [6.45, 7) is 1.60. The molecule has 3 rings (SSSR count). The van der Waals surface area contributed by atoms with Crippen LogP contribution in [0.3, 0.4) is 0 Å². The lowest BCUT2D eigenvalue weighted by atomic mass is 10.0. The summed E-state index contributed by atoms with van der Waals surface area (Å²) in [5.74, 6) is -3.08. The fourth-order valence-corrected chi connectivity index (χ4v) is 2.43. The van der Waals surface area contributed by atoms with E-state index in [4.69, 9.17) is 11.6 Å². The van der Waals surface area contributed by atoms with Crippen molar-refractivity contribution in [2.24, 2.45) is 0 Å². The van der Waals surface area contributed by atoms with Gasteiger partial charge in [-0.15, -0.1) is 0 Å². The molecule has 0 aliphatic heterocycles. The molecule has 7 heteroatoms. The van der Waals surface area contributed by atoms with Crippen LogP contribution in [0.2, 0.25) is 5.15 Å². The molecule has 0 aliphatic carbocycles. The van der Waals surface area contributed by atoms with Crippen LogP contribution < -0.4 is 0 Å². The lowest BCUT2D eigenvalue weighted by molar-refractivity contribution is 0.547. The number of hydrogen-bond donors (Lipinski definition) is 0. The Hall–Kier alpha value is -2.08. The quantitative estimate of drug-likeness (QED) is 0.640. The van der Waals surface area contributed by atoms with Crippen molar-refractivity contribution in [2.75, 3.05) is 0 Å². The molecule has 102 valence electrons. The van der Waals surface area contributed by atoms with Gasteiger partial charge in [-0.25, -0.2) is 22.7 Å². The van der Waals surface area contributed by atoms with Crippen molar-refractivity contribution in [1.82, 2.24) is 14.6 Å². The van der Waals surface area contributed by atoms with Crippen LogP contribution in [0.15, 0.2) is 24.4 Å². The van der Waals surface area contributed by atoms with E-state index in [0.717, 1.165) is 0 Å². The zero-order valence-corrected chi connectivity index (χ0v) is 10.9. The van der Waals surface area contributed by atoms with E-state index in [0.29, 0.717) is 23.5 Å². The van der Waals surface area contributed by atoms with Gasteiger partial charge in [-0.2, -0.15) is 5.10 Å². The number of hydrogen-bond acceptors (Lipinski definition) is 2. The minimum atomic E-state index is -1.04. The molecule has 0 saturated carbocycles. The van der Waals surface area contributed by atoms with E-state index in [1.807, 2.05) is 0 Å². The first-order valence-corrected chi connectivity index (χ1v) is 6.01. The Morgan fingerprint density at radius 1 is 1.10 bits per heavy atom. The van der Waals surface area contributed by atoms with Crippen LogP contribution in [-0.4, -0.2) is 14.6 Å². The SMILES string of the molecule is Cc1c(-c2c(F)cc(F)cc2F)c(Cl)nc2ccnn12. The minimum Gasteiger partial charge on any atom is -0.219 e. The van der Waals surface area contributed by atoms with Crippen LogP contribution in [0, 0.1) is 24.4 Å². The molecule has 0 fully saturated rings. The highest BCUT2D eigenvalue weighted by molar-refractivity contribution is 6.32. The van der Waals surface area contributed by atoms with Gasteiger partial charge in [0.1, 0.15) is 22.6 Å². The number of halogens is 4. The van der Waals surface area contributed by atoms with Gasteiger partial charge in [0.15, 0.2) is 5.65 Å². The summed E-state index contributed by atoms with van der Waals surface area (Å²) in [6, 6.07) is 2.81. The lowest BCUT2D eigenvalue weighted by Crippen LogP contribution is -2.03. The van der Waals surface area contributed by atoms with E-state index in [1.165, 1.54) is 10.7 Å². The second kappa shape index (κ2) is 4.49. The monoisotopic (exact) mass is 297 g/mol. The first-order chi connectivity index (χ1) is 9.49. The molecule has 0 aliphatic rings. The van der Waals surface area contributed by atoms with Crippen molar-refractivity contribution < 1.29 is 13.2 Å². The van der Waals surface area contributed by atoms with Gasteiger partial charge in [0, 0.05) is 23.8 Å².